The first-order valence-electron chi connectivity index (χ1n) is 8.42. The van der Waals surface area contributed by atoms with Gasteiger partial charge in [0.1, 0.15) is 26.4 Å². The second kappa shape index (κ2) is 11.2. The number of carbonyl (C=O) groups excluding carboxylic acids is 4. The van der Waals surface area contributed by atoms with E-state index in [9.17, 15) is 19.2 Å². The van der Waals surface area contributed by atoms with Crippen molar-refractivity contribution in [2.75, 3.05) is 46.2 Å². The Bertz CT molecular complexity index is 495. The maximum Gasteiger partial charge on any atom is 0.508 e. The minimum absolute atomic E-state index is 0.0306. The first kappa shape index (κ1) is 20.7. The minimum atomic E-state index is -0.761. The largest absolute Gasteiger partial charge is 0.508 e. The number of hydrogen-bond acceptors (Lipinski definition) is 12. The summed E-state index contributed by atoms with van der Waals surface area (Å²) in [7, 11) is 0. The summed E-state index contributed by atoms with van der Waals surface area (Å²) in [6.07, 6.45) is -2.33. The van der Waals surface area contributed by atoms with E-state index in [1.807, 2.05) is 0 Å². The number of cyclic esters (lactones) is 4. The summed E-state index contributed by atoms with van der Waals surface area (Å²) in [6.45, 7) is 1.25. The van der Waals surface area contributed by atoms with Crippen LogP contribution in [0, 0.1) is 0 Å². The maximum atomic E-state index is 11.5. The molecule has 2 heterocycles. The molecule has 2 rings (SSSR count). The molecule has 0 aromatic carbocycles. The molecule has 0 aromatic rings. The van der Waals surface area contributed by atoms with E-state index < -0.39 is 36.5 Å². The van der Waals surface area contributed by atoms with Crippen LogP contribution < -0.4 is 10.6 Å². The Morgan fingerprint density at radius 2 is 1.30 bits per heavy atom. The third-order valence-corrected chi connectivity index (χ3v) is 3.42. The van der Waals surface area contributed by atoms with E-state index in [-0.39, 0.29) is 39.3 Å². The molecule has 12 nitrogen and oxygen atoms in total. The molecule has 0 spiro atoms. The van der Waals surface area contributed by atoms with Gasteiger partial charge in [0.05, 0.1) is 12.8 Å². The highest BCUT2D eigenvalue weighted by Gasteiger charge is 2.26. The van der Waals surface area contributed by atoms with Crippen LogP contribution in [0.2, 0.25) is 0 Å². The highest BCUT2D eigenvalue weighted by atomic mass is 16.8. The number of rotatable bonds is 12. The monoisotopic (exact) mass is 390 g/mol. The Morgan fingerprint density at radius 1 is 0.852 bits per heavy atom. The molecule has 2 saturated heterocycles. The Hall–Kier alpha value is -2.60. The smallest absolute Gasteiger partial charge is 0.462 e. The molecule has 0 amide bonds. The van der Waals surface area contributed by atoms with Crippen LogP contribution in [0.25, 0.3) is 0 Å². The molecule has 0 bridgehead atoms. The lowest BCUT2D eigenvalue weighted by Gasteiger charge is -2.10. The Balaban J connectivity index is 1.36. The first-order valence-corrected chi connectivity index (χ1v) is 8.42. The molecule has 2 aliphatic heterocycles. The molecule has 0 saturated carbocycles. The fraction of sp³-hybridized carbons (Fsp3) is 0.733. The molecule has 2 unspecified atom stereocenters. The SMILES string of the molecule is O=C(CCNCNCCC(=O)OCC1COC(=O)O1)OCC1COC(=O)O1. The quantitative estimate of drug-likeness (QED) is 0.183. The van der Waals surface area contributed by atoms with Crippen molar-refractivity contribution in [3.05, 3.63) is 0 Å². The van der Waals surface area contributed by atoms with E-state index in [1.165, 1.54) is 0 Å². The van der Waals surface area contributed by atoms with Crippen molar-refractivity contribution in [1.82, 2.24) is 10.6 Å². The summed E-state index contributed by atoms with van der Waals surface area (Å²) in [6, 6.07) is 0. The number of esters is 2. The van der Waals surface area contributed by atoms with Gasteiger partial charge >= 0.3 is 24.2 Å². The van der Waals surface area contributed by atoms with Gasteiger partial charge in [0.15, 0.2) is 12.2 Å². The van der Waals surface area contributed by atoms with Crippen LogP contribution in [-0.2, 0) is 38.0 Å². The van der Waals surface area contributed by atoms with Gasteiger partial charge in [-0.2, -0.15) is 0 Å². The molecule has 2 fully saturated rings. The lowest BCUT2D eigenvalue weighted by molar-refractivity contribution is -0.146. The van der Waals surface area contributed by atoms with Crippen LogP contribution >= 0.6 is 0 Å². The van der Waals surface area contributed by atoms with Crippen molar-refractivity contribution in [2.24, 2.45) is 0 Å². The lowest BCUT2D eigenvalue weighted by Crippen LogP contribution is -2.33. The van der Waals surface area contributed by atoms with Crippen LogP contribution in [0.1, 0.15) is 12.8 Å². The van der Waals surface area contributed by atoms with Gasteiger partial charge in [0.2, 0.25) is 0 Å². The van der Waals surface area contributed by atoms with E-state index in [4.69, 9.17) is 18.9 Å². The third-order valence-electron chi connectivity index (χ3n) is 3.42. The predicted molar refractivity (Wildman–Crippen MR) is 84.5 cm³/mol. The summed E-state index contributed by atoms with van der Waals surface area (Å²) in [5, 5.41) is 5.92. The Labute approximate surface area is 154 Å². The van der Waals surface area contributed by atoms with E-state index in [0.29, 0.717) is 19.8 Å². The minimum Gasteiger partial charge on any atom is -0.462 e. The number of ether oxygens (including phenoxy) is 6. The molecule has 0 aromatic heterocycles. The van der Waals surface area contributed by atoms with Gasteiger partial charge in [0, 0.05) is 19.8 Å². The van der Waals surface area contributed by atoms with Crippen molar-refractivity contribution in [2.45, 2.75) is 25.0 Å². The summed E-state index contributed by atoms with van der Waals surface area (Å²) in [5.74, 6) is -0.851. The number of nitrogens with one attached hydrogen (secondary N) is 2. The first-order chi connectivity index (χ1) is 13.0. The molecule has 2 aliphatic rings. The molecule has 2 N–H and O–H groups in total. The zero-order valence-corrected chi connectivity index (χ0v) is 14.6. The second-order valence-electron chi connectivity index (χ2n) is 5.64. The zero-order chi connectivity index (χ0) is 19.5. The van der Waals surface area contributed by atoms with Crippen LogP contribution in [0.3, 0.4) is 0 Å². The third kappa shape index (κ3) is 8.55. The van der Waals surface area contributed by atoms with Gasteiger partial charge in [0.25, 0.3) is 0 Å². The van der Waals surface area contributed by atoms with Gasteiger partial charge in [-0.25, -0.2) is 9.59 Å². The molecule has 0 aliphatic carbocycles. The van der Waals surface area contributed by atoms with Crippen molar-refractivity contribution in [3.63, 3.8) is 0 Å². The maximum absolute atomic E-state index is 11.5. The summed E-state index contributed by atoms with van der Waals surface area (Å²) in [5.41, 5.74) is 0. The lowest BCUT2D eigenvalue weighted by atomic mass is 10.4. The van der Waals surface area contributed by atoms with Crippen molar-refractivity contribution >= 4 is 24.2 Å². The van der Waals surface area contributed by atoms with Crippen molar-refractivity contribution < 1.29 is 47.6 Å². The van der Waals surface area contributed by atoms with Crippen LogP contribution in [0.5, 0.6) is 0 Å². The normalized spacial score (nSPS) is 21.0. The Morgan fingerprint density at radius 3 is 1.67 bits per heavy atom. The van der Waals surface area contributed by atoms with Crippen molar-refractivity contribution in [1.29, 1.82) is 0 Å². The molecule has 2 atom stereocenters. The van der Waals surface area contributed by atoms with E-state index >= 15 is 0 Å². The van der Waals surface area contributed by atoms with E-state index in [2.05, 4.69) is 20.1 Å². The molecule has 0 radical (unpaired) electrons. The molecule has 27 heavy (non-hydrogen) atoms. The molecule has 152 valence electrons. The van der Waals surface area contributed by atoms with Gasteiger partial charge in [-0.3, -0.25) is 9.59 Å². The highest BCUT2D eigenvalue weighted by Crippen LogP contribution is 2.07. The standard InChI is InChI=1S/C15H22N2O10/c18-12(22-5-10-7-24-14(20)26-10)1-3-16-9-17-4-2-13(19)23-6-11-8-25-15(21)27-11/h10-11,16-17H,1-9H2. The second-order valence-corrected chi connectivity index (χ2v) is 5.64. The topological polar surface area (TPSA) is 148 Å². The number of hydrogen-bond donors (Lipinski definition) is 2. The van der Waals surface area contributed by atoms with Gasteiger partial charge < -0.3 is 39.1 Å². The number of carbonyl (C=O) groups is 4. The van der Waals surface area contributed by atoms with E-state index in [0.717, 1.165) is 0 Å². The predicted octanol–water partition coefficient (Wildman–Crippen LogP) is -0.939. The summed E-state index contributed by atoms with van der Waals surface area (Å²) < 4.78 is 28.5. The van der Waals surface area contributed by atoms with Crippen LogP contribution in [0.15, 0.2) is 0 Å². The average molecular weight is 390 g/mol. The van der Waals surface area contributed by atoms with Gasteiger partial charge in [-0.05, 0) is 0 Å². The van der Waals surface area contributed by atoms with Crippen LogP contribution in [-0.4, -0.2) is 82.6 Å². The highest BCUT2D eigenvalue weighted by molar-refractivity contribution is 5.70. The van der Waals surface area contributed by atoms with Crippen molar-refractivity contribution in [3.8, 4) is 0 Å². The van der Waals surface area contributed by atoms with Gasteiger partial charge in [-0.15, -0.1) is 0 Å². The van der Waals surface area contributed by atoms with E-state index in [1.54, 1.807) is 0 Å². The zero-order valence-electron chi connectivity index (χ0n) is 14.6. The fourth-order valence-electron chi connectivity index (χ4n) is 2.06. The molecular weight excluding hydrogens is 368 g/mol. The fourth-order valence-corrected chi connectivity index (χ4v) is 2.06. The van der Waals surface area contributed by atoms with Gasteiger partial charge in [-0.1, -0.05) is 0 Å². The molecular formula is C15H22N2O10. The molecule has 12 heteroatoms. The summed E-state index contributed by atoms with van der Waals surface area (Å²) >= 11 is 0. The van der Waals surface area contributed by atoms with Crippen LogP contribution in [0.4, 0.5) is 9.59 Å². The summed E-state index contributed by atoms with van der Waals surface area (Å²) in [4.78, 5) is 44.4. The Kier molecular flexibility index (Phi) is 8.58. The average Bonchev–Trinajstić information content (AvgIpc) is 3.25.